The molecule has 1 aromatic carbocycles. The molecule has 0 aliphatic carbocycles. The largest absolute Gasteiger partial charge is 0.445 e. The molecule has 102 valence electrons. The van der Waals surface area contributed by atoms with Gasteiger partial charge in [0.2, 0.25) is 0 Å². The first-order valence-electron chi connectivity index (χ1n) is 6.86. The SMILES string of the molecule is C=CCC[C@H]1CCN(C(=O)OCc2ccccc2)C1. The second kappa shape index (κ2) is 6.98. The third-order valence-electron chi connectivity index (χ3n) is 3.53. The number of amides is 1. The number of hydrogen-bond acceptors (Lipinski definition) is 2. The number of nitrogens with zero attached hydrogens (tertiary/aromatic N) is 1. The van der Waals surface area contributed by atoms with E-state index in [1.807, 2.05) is 41.3 Å². The number of carbonyl (C=O) groups excluding carboxylic acids is 1. The van der Waals surface area contributed by atoms with E-state index in [9.17, 15) is 4.79 Å². The van der Waals surface area contributed by atoms with E-state index in [0.29, 0.717) is 12.5 Å². The van der Waals surface area contributed by atoms with Crippen LogP contribution in [0.5, 0.6) is 0 Å². The lowest BCUT2D eigenvalue weighted by Gasteiger charge is -2.16. The summed E-state index contributed by atoms with van der Waals surface area (Å²) in [5.74, 6) is 0.599. The molecule has 1 atom stereocenters. The molecule has 0 radical (unpaired) electrons. The van der Waals surface area contributed by atoms with Crippen LogP contribution in [0.15, 0.2) is 43.0 Å². The first-order valence-corrected chi connectivity index (χ1v) is 6.86. The summed E-state index contributed by atoms with van der Waals surface area (Å²) >= 11 is 0. The van der Waals surface area contributed by atoms with E-state index in [1.54, 1.807) is 0 Å². The average Bonchev–Trinajstić information content (AvgIpc) is 2.92. The summed E-state index contributed by atoms with van der Waals surface area (Å²) in [7, 11) is 0. The van der Waals surface area contributed by atoms with Crippen LogP contribution >= 0.6 is 0 Å². The number of allylic oxidation sites excluding steroid dienone is 1. The molecule has 1 aliphatic rings. The van der Waals surface area contributed by atoms with Crippen molar-refractivity contribution in [1.29, 1.82) is 0 Å². The van der Waals surface area contributed by atoms with Crippen molar-refractivity contribution in [2.24, 2.45) is 5.92 Å². The van der Waals surface area contributed by atoms with Crippen LogP contribution in [-0.2, 0) is 11.3 Å². The van der Waals surface area contributed by atoms with Crippen LogP contribution in [0.4, 0.5) is 4.79 Å². The Morgan fingerprint density at radius 1 is 1.42 bits per heavy atom. The highest BCUT2D eigenvalue weighted by molar-refractivity contribution is 5.68. The molecule has 0 N–H and O–H groups in total. The number of benzene rings is 1. The number of ether oxygens (including phenoxy) is 1. The van der Waals surface area contributed by atoms with Crippen molar-refractivity contribution in [3.8, 4) is 0 Å². The van der Waals surface area contributed by atoms with Crippen molar-refractivity contribution in [3.05, 3.63) is 48.6 Å². The van der Waals surface area contributed by atoms with Crippen LogP contribution in [0.3, 0.4) is 0 Å². The van der Waals surface area contributed by atoms with Crippen LogP contribution in [-0.4, -0.2) is 24.1 Å². The molecule has 1 saturated heterocycles. The van der Waals surface area contributed by atoms with E-state index in [1.165, 1.54) is 0 Å². The summed E-state index contributed by atoms with van der Waals surface area (Å²) in [6.07, 6.45) is 4.97. The molecule has 1 aromatic rings. The molecule has 2 rings (SSSR count). The normalized spacial score (nSPS) is 18.3. The van der Waals surface area contributed by atoms with Crippen molar-refractivity contribution < 1.29 is 9.53 Å². The number of likely N-dealkylation sites (tertiary alicyclic amines) is 1. The van der Waals surface area contributed by atoms with E-state index < -0.39 is 0 Å². The van der Waals surface area contributed by atoms with E-state index in [4.69, 9.17) is 4.74 Å². The summed E-state index contributed by atoms with van der Waals surface area (Å²) < 4.78 is 5.33. The highest BCUT2D eigenvalue weighted by atomic mass is 16.6. The minimum atomic E-state index is -0.190. The van der Waals surface area contributed by atoms with Gasteiger partial charge in [-0.1, -0.05) is 36.4 Å². The van der Waals surface area contributed by atoms with Crippen LogP contribution in [0.1, 0.15) is 24.8 Å². The predicted molar refractivity (Wildman–Crippen MR) is 75.7 cm³/mol. The molecule has 19 heavy (non-hydrogen) atoms. The summed E-state index contributed by atoms with van der Waals surface area (Å²) in [5.41, 5.74) is 1.03. The Morgan fingerprint density at radius 3 is 2.95 bits per heavy atom. The Bertz CT molecular complexity index is 416. The van der Waals surface area contributed by atoms with Gasteiger partial charge in [-0.25, -0.2) is 4.79 Å². The van der Waals surface area contributed by atoms with Gasteiger partial charge in [-0.2, -0.15) is 0 Å². The summed E-state index contributed by atoms with van der Waals surface area (Å²) in [4.78, 5) is 13.7. The maximum atomic E-state index is 11.9. The van der Waals surface area contributed by atoms with Gasteiger partial charge < -0.3 is 9.64 Å². The van der Waals surface area contributed by atoms with Gasteiger partial charge in [0.25, 0.3) is 0 Å². The monoisotopic (exact) mass is 259 g/mol. The quantitative estimate of drug-likeness (QED) is 0.756. The van der Waals surface area contributed by atoms with Crippen molar-refractivity contribution in [3.63, 3.8) is 0 Å². The second-order valence-electron chi connectivity index (χ2n) is 5.01. The predicted octanol–water partition coefficient (Wildman–Crippen LogP) is 3.61. The smallest absolute Gasteiger partial charge is 0.410 e. The van der Waals surface area contributed by atoms with E-state index in [-0.39, 0.29) is 6.09 Å². The summed E-state index contributed by atoms with van der Waals surface area (Å²) in [5, 5.41) is 0. The molecule has 1 aliphatic heterocycles. The van der Waals surface area contributed by atoms with Gasteiger partial charge in [-0.3, -0.25) is 0 Å². The standard InChI is InChI=1S/C16H21NO2/c1-2-3-7-14-10-11-17(12-14)16(18)19-13-15-8-5-4-6-9-15/h2,4-6,8-9,14H,1,3,7,10-13H2/t14-/m0/s1. The Balaban J connectivity index is 1.74. The minimum Gasteiger partial charge on any atom is -0.445 e. The zero-order valence-corrected chi connectivity index (χ0v) is 11.3. The topological polar surface area (TPSA) is 29.5 Å². The zero-order valence-electron chi connectivity index (χ0n) is 11.3. The molecule has 0 unspecified atom stereocenters. The van der Waals surface area contributed by atoms with Crippen molar-refractivity contribution in [1.82, 2.24) is 4.90 Å². The molecule has 1 heterocycles. The van der Waals surface area contributed by atoms with Crippen molar-refractivity contribution in [2.75, 3.05) is 13.1 Å². The molecular formula is C16H21NO2. The third kappa shape index (κ3) is 4.12. The number of hydrogen-bond donors (Lipinski definition) is 0. The van der Waals surface area contributed by atoms with E-state index in [2.05, 4.69) is 6.58 Å². The summed E-state index contributed by atoms with van der Waals surface area (Å²) in [6, 6.07) is 9.78. The van der Waals surface area contributed by atoms with Crippen LogP contribution < -0.4 is 0 Å². The van der Waals surface area contributed by atoms with E-state index in [0.717, 1.165) is 37.9 Å². The first-order chi connectivity index (χ1) is 9.29. The van der Waals surface area contributed by atoms with Gasteiger partial charge in [0.1, 0.15) is 6.61 Å². The maximum Gasteiger partial charge on any atom is 0.410 e. The second-order valence-corrected chi connectivity index (χ2v) is 5.01. The Morgan fingerprint density at radius 2 is 2.21 bits per heavy atom. The summed E-state index contributed by atoms with van der Waals surface area (Å²) in [6.45, 7) is 5.72. The van der Waals surface area contributed by atoms with Gasteiger partial charge in [-0.15, -0.1) is 6.58 Å². The molecule has 0 bridgehead atoms. The minimum absolute atomic E-state index is 0.190. The van der Waals surface area contributed by atoms with Crippen LogP contribution in [0, 0.1) is 5.92 Å². The fraction of sp³-hybridized carbons (Fsp3) is 0.438. The molecule has 0 spiro atoms. The molecule has 1 amide bonds. The molecule has 0 aromatic heterocycles. The number of rotatable bonds is 5. The molecule has 0 saturated carbocycles. The fourth-order valence-electron chi connectivity index (χ4n) is 2.40. The lowest BCUT2D eigenvalue weighted by atomic mass is 10.0. The van der Waals surface area contributed by atoms with Crippen molar-refractivity contribution in [2.45, 2.75) is 25.9 Å². The van der Waals surface area contributed by atoms with Gasteiger partial charge in [0.05, 0.1) is 0 Å². The average molecular weight is 259 g/mol. The highest BCUT2D eigenvalue weighted by Crippen LogP contribution is 2.21. The highest BCUT2D eigenvalue weighted by Gasteiger charge is 2.26. The fourth-order valence-corrected chi connectivity index (χ4v) is 2.40. The van der Waals surface area contributed by atoms with Crippen LogP contribution in [0.25, 0.3) is 0 Å². The Labute approximate surface area is 114 Å². The maximum absolute atomic E-state index is 11.9. The van der Waals surface area contributed by atoms with Gasteiger partial charge >= 0.3 is 6.09 Å². The van der Waals surface area contributed by atoms with Gasteiger partial charge in [-0.05, 0) is 30.7 Å². The zero-order chi connectivity index (χ0) is 13.5. The van der Waals surface area contributed by atoms with Gasteiger partial charge in [0, 0.05) is 13.1 Å². The molecular weight excluding hydrogens is 238 g/mol. The Hall–Kier alpha value is -1.77. The first kappa shape index (κ1) is 13.7. The number of carbonyl (C=O) groups is 1. The van der Waals surface area contributed by atoms with Crippen molar-refractivity contribution >= 4 is 6.09 Å². The van der Waals surface area contributed by atoms with E-state index >= 15 is 0 Å². The van der Waals surface area contributed by atoms with Gasteiger partial charge in [0.15, 0.2) is 0 Å². The lowest BCUT2D eigenvalue weighted by Crippen LogP contribution is -2.29. The van der Waals surface area contributed by atoms with Crippen LogP contribution in [0.2, 0.25) is 0 Å². The molecule has 1 fully saturated rings. The lowest BCUT2D eigenvalue weighted by molar-refractivity contribution is 0.103. The Kier molecular flexibility index (Phi) is 5.01. The molecule has 3 heteroatoms. The third-order valence-corrected chi connectivity index (χ3v) is 3.53. The molecule has 3 nitrogen and oxygen atoms in total.